The topological polar surface area (TPSA) is 21.3 Å². The molecule has 0 aromatic carbocycles. The molecule has 0 spiro atoms. The molecule has 0 bridgehead atoms. The summed E-state index contributed by atoms with van der Waals surface area (Å²) in [6.45, 7) is 4.13. The van der Waals surface area contributed by atoms with Crippen LogP contribution in [0.15, 0.2) is 11.8 Å². The highest BCUT2D eigenvalue weighted by Crippen LogP contribution is 2.36. The zero-order valence-electron chi connectivity index (χ0n) is 9.39. The van der Waals surface area contributed by atoms with Crippen molar-refractivity contribution in [2.45, 2.75) is 38.3 Å². The number of rotatable bonds is 2. The van der Waals surface area contributed by atoms with E-state index in [4.69, 9.17) is 4.74 Å². The number of hydrogen-bond acceptors (Lipinski definition) is 2. The SMILES string of the molecule is CC(F)(C1=CCCCO1)C1CCCNC1. The molecular weight excluding hydrogens is 193 g/mol. The van der Waals surface area contributed by atoms with Crippen LogP contribution >= 0.6 is 0 Å². The molecule has 86 valence electrons. The first kappa shape index (κ1) is 10.9. The third-order valence-corrected chi connectivity index (χ3v) is 3.48. The van der Waals surface area contributed by atoms with Crippen molar-refractivity contribution >= 4 is 0 Å². The largest absolute Gasteiger partial charge is 0.495 e. The Labute approximate surface area is 90.9 Å². The summed E-state index contributed by atoms with van der Waals surface area (Å²) in [5.41, 5.74) is -1.28. The van der Waals surface area contributed by atoms with Crippen LogP contribution in [-0.2, 0) is 4.74 Å². The fourth-order valence-corrected chi connectivity index (χ4v) is 2.41. The van der Waals surface area contributed by atoms with Crippen LogP contribution in [0.1, 0.15) is 32.6 Å². The van der Waals surface area contributed by atoms with Crippen LogP contribution in [0.3, 0.4) is 0 Å². The molecule has 0 aromatic heterocycles. The Morgan fingerprint density at radius 2 is 2.40 bits per heavy atom. The van der Waals surface area contributed by atoms with Gasteiger partial charge in [-0.15, -0.1) is 0 Å². The number of piperidine rings is 1. The van der Waals surface area contributed by atoms with Gasteiger partial charge in [-0.2, -0.15) is 0 Å². The van der Waals surface area contributed by atoms with Crippen LogP contribution in [0, 0.1) is 5.92 Å². The molecular formula is C12H20FNO. The van der Waals surface area contributed by atoms with E-state index in [1.165, 1.54) is 0 Å². The molecule has 2 atom stereocenters. The first-order valence-electron chi connectivity index (χ1n) is 5.94. The standard InChI is InChI=1S/C12H20FNO/c1-12(13,10-5-4-7-14-9-10)11-6-2-3-8-15-11/h6,10,14H,2-5,7-9H2,1H3. The molecule has 2 aliphatic rings. The van der Waals surface area contributed by atoms with Crippen LogP contribution in [0.25, 0.3) is 0 Å². The lowest BCUT2D eigenvalue weighted by atomic mass is 9.83. The number of ether oxygens (including phenoxy) is 1. The normalized spacial score (nSPS) is 31.3. The Morgan fingerprint density at radius 1 is 1.53 bits per heavy atom. The lowest BCUT2D eigenvalue weighted by Gasteiger charge is -2.36. The molecule has 15 heavy (non-hydrogen) atoms. The maximum Gasteiger partial charge on any atom is 0.168 e. The van der Waals surface area contributed by atoms with Gasteiger partial charge in [0, 0.05) is 12.5 Å². The van der Waals surface area contributed by atoms with Crippen molar-refractivity contribution in [2.24, 2.45) is 5.92 Å². The van der Waals surface area contributed by atoms with Gasteiger partial charge in [-0.25, -0.2) is 4.39 Å². The average molecular weight is 213 g/mol. The summed E-state index contributed by atoms with van der Waals surface area (Å²) < 4.78 is 20.1. The predicted octanol–water partition coefficient (Wildman–Crippen LogP) is 2.41. The van der Waals surface area contributed by atoms with E-state index in [0.29, 0.717) is 12.4 Å². The molecule has 0 saturated carbocycles. The van der Waals surface area contributed by atoms with Crippen molar-refractivity contribution in [3.8, 4) is 0 Å². The summed E-state index contributed by atoms with van der Waals surface area (Å²) in [4.78, 5) is 0. The van der Waals surface area contributed by atoms with E-state index in [1.807, 2.05) is 6.08 Å². The minimum Gasteiger partial charge on any atom is -0.495 e. The zero-order valence-corrected chi connectivity index (χ0v) is 9.39. The molecule has 0 aromatic rings. The van der Waals surface area contributed by atoms with E-state index < -0.39 is 5.67 Å². The van der Waals surface area contributed by atoms with Gasteiger partial charge in [-0.1, -0.05) is 0 Å². The van der Waals surface area contributed by atoms with Gasteiger partial charge in [0.15, 0.2) is 5.67 Å². The van der Waals surface area contributed by atoms with Crippen LogP contribution < -0.4 is 5.32 Å². The lowest BCUT2D eigenvalue weighted by Crippen LogP contribution is -2.43. The minimum absolute atomic E-state index is 0.0654. The van der Waals surface area contributed by atoms with Crippen LogP contribution in [0.4, 0.5) is 4.39 Å². The monoisotopic (exact) mass is 213 g/mol. The molecule has 2 unspecified atom stereocenters. The molecule has 1 fully saturated rings. The highest BCUT2D eigenvalue weighted by Gasteiger charge is 2.40. The molecule has 3 heteroatoms. The second kappa shape index (κ2) is 4.52. The molecule has 2 aliphatic heterocycles. The summed E-state index contributed by atoms with van der Waals surface area (Å²) in [6, 6.07) is 0. The maximum atomic E-state index is 14.6. The number of nitrogens with one attached hydrogen (secondary N) is 1. The molecule has 1 N–H and O–H groups in total. The van der Waals surface area contributed by atoms with Gasteiger partial charge in [-0.05, 0) is 45.2 Å². The third kappa shape index (κ3) is 2.33. The molecule has 0 amide bonds. The summed E-state index contributed by atoms with van der Waals surface area (Å²) in [6.07, 6.45) is 5.92. The van der Waals surface area contributed by atoms with E-state index in [1.54, 1.807) is 6.92 Å². The van der Waals surface area contributed by atoms with Gasteiger partial charge in [0.1, 0.15) is 5.76 Å². The first-order valence-corrected chi connectivity index (χ1v) is 5.94. The van der Waals surface area contributed by atoms with Crippen molar-refractivity contribution in [3.05, 3.63) is 11.8 Å². The highest BCUT2D eigenvalue weighted by molar-refractivity contribution is 5.13. The Hall–Kier alpha value is -0.570. The van der Waals surface area contributed by atoms with Gasteiger partial charge >= 0.3 is 0 Å². The number of hydrogen-bond donors (Lipinski definition) is 1. The first-order chi connectivity index (χ1) is 7.21. The zero-order chi connectivity index (χ0) is 10.7. The summed E-state index contributed by atoms with van der Waals surface area (Å²) >= 11 is 0. The van der Waals surface area contributed by atoms with Crippen molar-refractivity contribution < 1.29 is 9.13 Å². The lowest BCUT2D eigenvalue weighted by molar-refractivity contribution is 0.0347. The van der Waals surface area contributed by atoms with Crippen molar-refractivity contribution in [1.29, 1.82) is 0 Å². The highest BCUT2D eigenvalue weighted by atomic mass is 19.1. The van der Waals surface area contributed by atoms with Crippen LogP contribution in [0.2, 0.25) is 0 Å². The van der Waals surface area contributed by atoms with Gasteiger partial charge in [0.05, 0.1) is 6.61 Å². The molecule has 2 heterocycles. The Balaban J connectivity index is 2.06. The Kier molecular flexibility index (Phi) is 3.29. The van der Waals surface area contributed by atoms with Crippen LogP contribution in [-0.4, -0.2) is 25.4 Å². The van der Waals surface area contributed by atoms with E-state index in [-0.39, 0.29) is 5.92 Å². The molecule has 0 radical (unpaired) electrons. The van der Waals surface area contributed by atoms with Crippen molar-refractivity contribution in [3.63, 3.8) is 0 Å². The van der Waals surface area contributed by atoms with Crippen molar-refractivity contribution in [1.82, 2.24) is 5.32 Å². The van der Waals surface area contributed by atoms with E-state index in [9.17, 15) is 4.39 Å². The van der Waals surface area contributed by atoms with Gasteiger partial charge in [0.25, 0.3) is 0 Å². The maximum absolute atomic E-state index is 14.6. The van der Waals surface area contributed by atoms with E-state index in [0.717, 1.165) is 38.8 Å². The van der Waals surface area contributed by atoms with Crippen molar-refractivity contribution in [2.75, 3.05) is 19.7 Å². The average Bonchev–Trinajstić information content (AvgIpc) is 2.31. The van der Waals surface area contributed by atoms with Crippen LogP contribution in [0.5, 0.6) is 0 Å². The van der Waals surface area contributed by atoms with Gasteiger partial charge < -0.3 is 10.1 Å². The fourth-order valence-electron chi connectivity index (χ4n) is 2.41. The summed E-state index contributed by atoms with van der Waals surface area (Å²) in [5, 5.41) is 3.26. The minimum atomic E-state index is -1.28. The van der Waals surface area contributed by atoms with E-state index >= 15 is 0 Å². The Bertz CT molecular complexity index is 244. The molecule has 2 rings (SSSR count). The summed E-state index contributed by atoms with van der Waals surface area (Å²) in [7, 11) is 0. The number of allylic oxidation sites excluding steroid dienone is 2. The number of alkyl halides is 1. The fraction of sp³-hybridized carbons (Fsp3) is 0.833. The molecule has 1 saturated heterocycles. The quantitative estimate of drug-likeness (QED) is 0.760. The van der Waals surface area contributed by atoms with Gasteiger partial charge in [-0.3, -0.25) is 0 Å². The molecule has 0 aliphatic carbocycles. The second-order valence-electron chi connectivity index (χ2n) is 4.68. The second-order valence-corrected chi connectivity index (χ2v) is 4.68. The summed E-state index contributed by atoms with van der Waals surface area (Å²) in [5.74, 6) is 0.637. The Morgan fingerprint density at radius 3 is 3.00 bits per heavy atom. The molecule has 2 nitrogen and oxygen atoms in total. The smallest absolute Gasteiger partial charge is 0.168 e. The predicted molar refractivity (Wildman–Crippen MR) is 58.4 cm³/mol. The third-order valence-electron chi connectivity index (χ3n) is 3.48. The number of halogens is 1. The van der Waals surface area contributed by atoms with E-state index in [2.05, 4.69) is 5.32 Å². The van der Waals surface area contributed by atoms with Gasteiger partial charge in [0.2, 0.25) is 0 Å².